The van der Waals surface area contributed by atoms with Crippen LogP contribution in [0.2, 0.25) is 0 Å². The number of hydrogen-bond acceptors (Lipinski definition) is 7. The summed E-state index contributed by atoms with van der Waals surface area (Å²) in [6.07, 6.45) is 12.0. The van der Waals surface area contributed by atoms with Crippen LogP contribution in [0.5, 0.6) is 34.5 Å². The van der Waals surface area contributed by atoms with Gasteiger partial charge in [-0.2, -0.15) is 11.8 Å². The van der Waals surface area contributed by atoms with E-state index in [0.29, 0.717) is 24.7 Å². The summed E-state index contributed by atoms with van der Waals surface area (Å²) < 4.78 is 25.4. The summed E-state index contributed by atoms with van der Waals surface area (Å²) in [5.41, 5.74) is 10.6. The van der Waals surface area contributed by atoms with E-state index < -0.39 is 0 Å². The summed E-state index contributed by atoms with van der Waals surface area (Å²) in [6, 6.07) is 17.2. The number of thioether (sulfide) groups is 1. The zero-order chi connectivity index (χ0) is 40.7. The summed E-state index contributed by atoms with van der Waals surface area (Å²) in [7, 11) is 0. The van der Waals surface area contributed by atoms with E-state index in [1.165, 1.54) is 22.3 Å². The number of ether oxygens (including phenoxy) is 4. The molecule has 4 aromatic rings. The van der Waals surface area contributed by atoms with Crippen molar-refractivity contribution < 1.29 is 29.2 Å². The Balaban J connectivity index is 0.00000641. The Morgan fingerprint density at radius 1 is 0.552 bits per heavy atom. The second-order valence-corrected chi connectivity index (χ2v) is 18.4. The molecule has 6 nitrogen and oxygen atoms in total. The maximum atomic E-state index is 10.5. The third-order valence-electron chi connectivity index (χ3n) is 12.8. The predicted octanol–water partition coefficient (Wildman–Crippen LogP) is 12.6. The average molecular weight is 832 g/mol. The molecule has 0 amide bonds. The fourth-order valence-electron chi connectivity index (χ4n) is 8.51. The largest absolute Gasteiger partial charge is 0.507 e. The van der Waals surface area contributed by atoms with Crippen LogP contribution in [0.15, 0.2) is 48.5 Å². The van der Waals surface area contributed by atoms with Gasteiger partial charge in [-0.05, 0) is 213 Å². The molecule has 0 aromatic heterocycles. The van der Waals surface area contributed by atoms with E-state index in [1.54, 1.807) is 0 Å². The number of phenolic OH excluding ortho intramolecular Hbond substituents is 2. The first-order chi connectivity index (χ1) is 27.3. The van der Waals surface area contributed by atoms with Gasteiger partial charge in [0, 0.05) is 11.1 Å². The van der Waals surface area contributed by atoms with Crippen molar-refractivity contribution in [3.8, 4) is 34.5 Å². The van der Waals surface area contributed by atoms with Gasteiger partial charge in [0.15, 0.2) is 0 Å². The van der Waals surface area contributed by atoms with Crippen LogP contribution in [0.4, 0.5) is 0 Å². The fourth-order valence-corrected chi connectivity index (χ4v) is 9.47. The van der Waals surface area contributed by atoms with E-state index in [-0.39, 0.29) is 23.6 Å². The van der Waals surface area contributed by atoms with E-state index in [9.17, 15) is 10.2 Å². The Morgan fingerprint density at radius 3 is 1.31 bits per heavy atom. The molecule has 2 N–H and O–H groups in total. The highest BCUT2D eigenvalue weighted by Gasteiger charge is 2.35. The molecule has 58 heavy (non-hydrogen) atoms. The average Bonchev–Trinajstić information content (AvgIpc) is 3.21. The molecular formula is C50H67ClO6S. The van der Waals surface area contributed by atoms with Gasteiger partial charge < -0.3 is 29.2 Å². The van der Waals surface area contributed by atoms with Crippen LogP contribution in [-0.4, -0.2) is 46.1 Å². The van der Waals surface area contributed by atoms with Gasteiger partial charge in [0.25, 0.3) is 0 Å². The zero-order valence-electron chi connectivity index (χ0n) is 36.3. The minimum absolute atomic E-state index is 0. The molecule has 316 valence electrons. The maximum absolute atomic E-state index is 10.5. The lowest BCUT2D eigenvalue weighted by molar-refractivity contribution is 0.0510. The Morgan fingerprint density at radius 2 is 0.931 bits per heavy atom. The van der Waals surface area contributed by atoms with Crippen molar-refractivity contribution in [1.82, 2.24) is 0 Å². The molecule has 0 aliphatic carbocycles. The lowest BCUT2D eigenvalue weighted by Gasteiger charge is -2.38. The van der Waals surface area contributed by atoms with Crippen molar-refractivity contribution in [1.29, 1.82) is 0 Å². The van der Waals surface area contributed by atoms with Gasteiger partial charge in [0.1, 0.15) is 45.7 Å². The Hall–Kier alpha value is -3.68. The molecule has 0 bridgehead atoms. The lowest BCUT2D eigenvalue weighted by atomic mass is 9.85. The monoisotopic (exact) mass is 830 g/mol. The maximum Gasteiger partial charge on any atom is 0.127 e. The molecular weight excluding hydrogens is 764 g/mol. The molecule has 0 radical (unpaired) electrons. The normalized spacial score (nSPS) is 18.3. The lowest BCUT2D eigenvalue weighted by Crippen LogP contribution is -2.37. The van der Waals surface area contributed by atoms with Gasteiger partial charge in [-0.3, -0.25) is 0 Å². The summed E-state index contributed by atoms with van der Waals surface area (Å²) in [5.74, 6) is 6.88. The zero-order valence-corrected chi connectivity index (χ0v) is 37.9. The van der Waals surface area contributed by atoms with Crippen molar-refractivity contribution in [2.75, 3.05) is 24.7 Å². The summed E-state index contributed by atoms with van der Waals surface area (Å²) >= 11 is 2.01. The van der Waals surface area contributed by atoms with Crippen LogP contribution < -0.4 is 18.9 Å². The van der Waals surface area contributed by atoms with Crippen LogP contribution in [0.25, 0.3) is 0 Å². The molecule has 2 aliphatic heterocycles. The number of benzene rings is 4. The third kappa shape index (κ3) is 10.9. The van der Waals surface area contributed by atoms with Gasteiger partial charge in [-0.1, -0.05) is 24.3 Å². The molecule has 4 aromatic carbocycles. The minimum atomic E-state index is -0.181. The molecule has 2 unspecified atom stereocenters. The Bertz CT molecular complexity index is 1850. The van der Waals surface area contributed by atoms with Crippen molar-refractivity contribution in [2.24, 2.45) is 0 Å². The first-order valence-electron chi connectivity index (χ1n) is 21.3. The molecule has 8 heteroatoms. The molecule has 0 saturated heterocycles. The number of aromatic hydroxyl groups is 2. The highest BCUT2D eigenvalue weighted by atomic mass is 35.5. The van der Waals surface area contributed by atoms with Crippen molar-refractivity contribution >= 4 is 24.2 Å². The molecule has 2 atom stereocenters. The summed E-state index contributed by atoms with van der Waals surface area (Å²) in [6.45, 7) is 17.9. The van der Waals surface area contributed by atoms with Crippen LogP contribution >= 0.6 is 24.2 Å². The summed E-state index contributed by atoms with van der Waals surface area (Å²) in [5, 5.41) is 21.0. The van der Waals surface area contributed by atoms with E-state index in [0.717, 1.165) is 145 Å². The number of aryl methyl sites for hydroxylation is 2. The first kappa shape index (κ1) is 45.4. The van der Waals surface area contributed by atoms with Crippen LogP contribution in [0.1, 0.15) is 121 Å². The number of unbranched alkanes of at least 4 members (excludes halogenated alkanes) is 2. The number of rotatable bonds is 18. The van der Waals surface area contributed by atoms with E-state index in [2.05, 4.69) is 76.2 Å². The van der Waals surface area contributed by atoms with Gasteiger partial charge in [0.2, 0.25) is 0 Å². The van der Waals surface area contributed by atoms with Crippen LogP contribution in [0, 0.1) is 41.5 Å². The SMILES string of the molecule is Cc1c(C)c2c(c(C)c1O)CCC(C)(CCCCOc1ccc(CCSCCc3ccc(OCCCCC4(C)CCc5c(C)c(O)c(C)c(C)c5O4)cc3)cc1)O2.Cl. The van der Waals surface area contributed by atoms with Crippen molar-refractivity contribution in [3.05, 3.63) is 104 Å². The quantitative estimate of drug-likeness (QED) is 0.0967. The van der Waals surface area contributed by atoms with E-state index in [1.807, 2.05) is 39.5 Å². The molecule has 2 heterocycles. The number of fused-ring (bicyclic) bond motifs is 2. The molecule has 0 fully saturated rings. The van der Waals surface area contributed by atoms with Crippen molar-refractivity contribution in [2.45, 2.75) is 144 Å². The van der Waals surface area contributed by atoms with Crippen LogP contribution in [-0.2, 0) is 25.7 Å². The second kappa shape index (κ2) is 20.1. The highest BCUT2D eigenvalue weighted by molar-refractivity contribution is 7.99. The number of halogens is 1. The number of hydrogen-bond donors (Lipinski definition) is 2. The van der Waals surface area contributed by atoms with Gasteiger partial charge in [-0.25, -0.2) is 0 Å². The topological polar surface area (TPSA) is 77.4 Å². The van der Waals surface area contributed by atoms with Crippen LogP contribution in [0.3, 0.4) is 0 Å². The molecule has 0 saturated carbocycles. The predicted molar refractivity (Wildman–Crippen MR) is 243 cm³/mol. The minimum Gasteiger partial charge on any atom is -0.507 e. The van der Waals surface area contributed by atoms with Gasteiger partial charge >= 0.3 is 0 Å². The Kier molecular flexibility index (Phi) is 15.7. The smallest absolute Gasteiger partial charge is 0.127 e. The van der Waals surface area contributed by atoms with Gasteiger partial charge in [0.05, 0.1) is 13.2 Å². The highest BCUT2D eigenvalue weighted by Crippen LogP contribution is 2.46. The standard InChI is InChI=1S/C50H66O6S.ClH/c1-33-35(3)47-43(37(5)45(33)51)21-27-49(7,55-47)25-9-11-29-53-41-17-13-39(14-18-41)23-31-57-32-24-40-15-19-42(20-16-40)54-30-12-10-26-50(8)28-22-44-38(6)46(52)34(2)36(4)48(44)56-50;/h13-20,51-52H,9-12,21-32H2,1-8H3;1H. The second-order valence-electron chi connectivity index (χ2n) is 17.2. The van der Waals surface area contributed by atoms with E-state index in [4.69, 9.17) is 18.9 Å². The first-order valence-corrected chi connectivity index (χ1v) is 22.5. The third-order valence-corrected chi connectivity index (χ3v) is 13.8. The molecule has 2 aliphatic rings. The van der Waals surface area contributed by atoms with E-state index >= 15 is 0 Å². The summed E-state index contributed by atoms with van der Waals surface area (Å²) in [4.78, 5) is 0. The molecule has 6 rings (SSSR count). The number of phenols is 2. The van der Waals surface area contributed by atoms with Gasteiger partial charge in [-0.15, -0.1) is 12.4 Å². The van der Waals surface area contributed by atoms with Crippen molar-refractivity contribution in [3.63, 3.8) is 0 Å². The molecule has 0 spiro atoms. The Labute approximate surface area is 358 Å². The fraction of sp³-hybridized carbons (Fsp3) is 0.520.